The Labute approximate surface area is 180 Å². The van der Waals surface area contributed by atoms with Crippen molar-refractivity contribution in [3.63, 3.8) is 0 Å². The molecule has 2 aromatic rings. The number of nitrogens with one attached hydrogen (secondary N) is 2. The summed E-state index contributed by atoms with van der Waals surface area (Å²) in [5.41, 5.74) is 0.542. The number of carbonyl (C=O) groups excluding carboxylic acids is 2. The van der Waals surface area contributed by atoms with E-state index < -0.39 is 10.0 Å². The predicted molar refractivity (Wildman–Crippen MR) is 117 cm³/mol. The van der Waals surface area contributed by atoms with Gasteiger partial charge in [0.2, 0.25) is 15.9 Å². The van der Waals surface area contributed by atoms with Gasteiger partial charge >= 0.3 is 0 Å². The van der Waals surface area contributed by atoms with Crippen LogP contribution in [0, 0.1) is 0 Å². The van der Waals surface area contributed by atoms with Crippen LogP contribution in [0.5, 0.6) is 0 Å². The summed E-state index contributed by atoms with van der Waals surface area (Å²) in [6.45, 7) is 2.77. The molecule has 30 heavy (non-hydrogen) atoms. The van der Waals surface area contributed by atoms with Gasteiger partial charge in [-0.2, -0.15) is 4.31 Å². The third-order valence-corrected chi connectivity index (χ3v) is 7.63. The number of hydrogen-bond donors (Lipinski definition) is 2. The molecule has 0 radical (unpaired) electrons. The summed E-state index contributed by atoms with van der Waals surface area (Å²) >= 11 is 1.37. The lowest BCUT2D eigenvalue weighted by molar-refractivity contribution is -0.116. The molecule has 2 amide bonds. The molecule has 0 bridgehead atoms. The molecule has 0 unspecified atom stereocenters. The lowest BCUT2D eigenvalue weighted by atomic mass is 10.2. The zero-order valence-corrected chi connectivity index (χ0v) is 18.5. The molecule has 1 aliphatic rings. The van der Waals surface area contributed by atoms with Crippen molar-refractivity contribution < 1.29 is 18.0 Å². The van der Waals surface area contributed by atoms with Gasteiger partial charge in [-0.25, -0.2) is 8.42 Å². The van der Waals surface area contributed by atoms with Gasteiger partial charge < -0.3 is 15.5 Å². The summed E-state index contributed by atoms with van der Waals surface area (Å²) in [5.74, 6) is -0.322. The topological polar surface area (TPSA) is 98.8 Å². The number of rotatable bonds is 8. The second-order valence-corrected chi connectivity index (χ2v) is 10.0. The Bertz CT molecular complexity index is 951. The van der Waals surface area contributed by atoms with Crippen LogP contribution >= 0.6 is 11.3 Å². The third-order valence-electron chi connectivity index (χ3n) is 4.85. The van der Waals surface area contributed by atoms with E-state index in [1.807, 2.05) is 18.5 Å². The minimum atomic E-state index is -3.52. The molecule has 8 nitrogen and oxygen atoms in total. The van der Waals surface area contributed by atoms with Crippen LogP contribution in [-0.2, 0) is 14.8 Å². The molecule has 1 aromatic heterocycles. The van der Waals surface area contributed by atoms with E-state index in [2.05, 4.69) is 15.5 Å². The van der Waals surface area contributed by atoms with Gasteiger partial charge in [0.05, 0.1) is 9.77 Å². The average Bonchev–Trinajstić information content (AvgIpc) is 3.27. The van der Waals surface area contributed by atoms with E-state index in [9.17, 15) is 18.0 Å². The first kappa shape index (κ1) is 22.4. The van der Waals surface area contributed by atoms with Gasteiger partial charge in [-0.1, -0.05) is 6.07 Å². The number of benzene rings is 1. The molecule has 1 aliphatic heterocycles. The van der Waals surface area contributed by atoms with Crippen LogP contribution in [0.25, 0.3) is 0 Å². The van der Waals surface area contributed by atoms with Crippen molar-refractivity contribution in [1.82, 2.24) is 14.5 Å². The number of nitrogens with zero attached hydrogens (tertiary/aromatic N) is 2. The minimum absolute atomic E-state index is 0.137. The van der Waals surface area contributed by atoms with Gasteiger partial charge in [0, 0.05) is 44.8 Å². The number of thiophene rings is 1. The van der Waals surface area contributed by atoms with Crippen molar-refractivity contribution in [1.29, 1.82) is 0 Å². The lowest BCUT2D eigenvalue weighted by Gasteiger charge is -2.31. The Balaban J connectivity index is 1.44. The van der Waals surface area contributed by atoms with E-state index in [-0.39, 0.29) is 23.1 Å². The predicted octanol–water partition coefficient (Wildman–Crippen LogP) is 1.83. The Hall–Kier alpha value is -2.27. The molecular formula is C20H26N4O4S2. The van der Waals surface area contributed by atoms with Gasteiger partial charge in [0.15, 0.2) is 0 Å². The highest BCUT2D eigenvalue weighted by molar-refractivity contribution is 7.89. The zero-order chi connectivity index (χ0) is 21.6. The van der Waals surface area contributed by atoms with Crippen molar-refractivity contribution in [2.24, 2.45) is 0 Å². The quantitative estimate of drug-likeness (QED) is 0.598. The highest BCUT2D eigenvalue weighted by atomic mass is 32.2. The van der Waals surface area contributed by atoms with Gasteiger partial charge in [-0.3, -0.25) is 9.59 Å². The molecule has 1 saturated heterocycles. The summed E-state index contributed by atoms with van der Waals surface area (Å²) in [4.78, 5) is 26.9. The van der Waals surface area contributed by atoms with Crippen LogP contribution in [0.4, 0.5) is 5.69 Å². The van der Waals surface area contributed by atoms with E-state index in [1.165, 1.54) is 27.8 Å². The van der Waals surface area contributed by atoms with Crippen molar-refractivity contribution in [3.05, 3.63) is 46.7 Å². The van der Waals surface area contributed by atoms with E-state index in [0.29, 0.717) is 49.7 Å². The molecule has 10 heteroatoms. The summed E-state index contributed by atoms with van der Waals surface area (Å²) in [6.07, 6.45) is 0.769. The highest BCUT2D eigenvalue weighted by Gasteiger charge is 2.27. The number of anilines is 1. The Morgan fingerprint density at radius 1 is 1.07 bits per heavy atom. The van der Waals surface area contributed by atoms with Crippen LogP contribution in [0.1, 0.15) is 22.5 Å². The van der Waals surface area contributed by atoms with Crippen molar-refractivity contribution >= 4 is 38.9 Å². The van der Waals surface area contributed by atoms with E-state index in [4.69, 9.17) is 0 Å². The lowest BCUT2D eigenvalue weighted by Crippen LogP contribution is -2.46. The molecule has 0 atom stereocenters. The first-order valence-corrected chi connectivity index (χ1v) is 12.1. The Morgan fingerprint density at radius 3 is 2.40 bits per heavy atom. The van der Waals surface area contributed by atoms with E-state index in [1.54, 1.807) is 18.2 Å². The number of amides is 2. The van der Waals surface area contributed by atoms with Crippen molar-refractivity contribution in [3.8, 4) is 0 Å². The molecule has 1 aromatic carbocycles. The van der Waals surface area contributed by atoms with E-state index in [0.717, 1.165) is 0 Å². The van der Waals surface area contributed by atoms with Gasteiger partial charge in [-0.05, 0) is 49.2 Å². The van der Waals surface area contributed by atoms with Gasteiger partial charge in [-0.15, -0.1) is 11.3 Å². The highest BCUT2D eigenvalue weighted by Crippen LogP contribution is 2.20. The summed E-state index contributed by atoms with van der Waals surface area (Å²) in [5, 5.41) is 7.37. The van der Waals surface area contributed by atoms with Crippen LogP contribution in [0.2, 0.25) is 0 Å². The Morgan fingerprint density at radius 2 is 1.77 bits per heavy atom. The third kappa shape index (κ3) is 5.88. The fourth-order valence-corrected chi connectivity index (χ4v) is 5.12. The maximum Gasteiger partial charge on any atom is 0.261 e. The summed E-state index contributed by atoms with van der Waals surface area (Å²) < 4.78 is 26.9. The molecule has 0 saturated carbocycles. The largest absolute Gasteiger partial charge is 0.351 e. The zero-order valence-electron chi connectivity index (χ0n) is 16.8. The number of carbonyl (C=O) groups is 2. The molecule has 162 valence electrons. The van der Waals surface area contributed by atoms with Crippen molar-refractivity contribution in [2.75, 3.05) is 45.1 Å². The SMILES string of the molecule is CN1CCN(S(=O)(=O)c2ccc(NC(=O)CCCNC(=O)c3cccs3)cc2)CC1. The average molecular weight is 451 g/mol. The molecule has 3 rings (SSSR count). The van der Waals surface area contributed by atoms with Crippen LogP contribution < -0.4 is 10.6 Å². The smallest absolute Gasteiger partial charge is 0.261 e. The minimum Gasteiger partial charge on any atom is -0.351 e. The molecule has 1 fully saturated rings. The fourth-order valence-electron chi connectivity index (χ4n) is 3.06. The maximum absolute atomic E-state index is 12.7. The molecule has 2 heterocycles. The second-order valence-electron chi connectivity index (χ2n) is 7.12. The number of sulfonamides is 1. The summed E-state index contributed by atoms with van der Waals surface area (Å²) in [6, 6.07) is 9.79. The van der Waals surface area contributed by atoms with Gasteiger partial charge in [0.1, 0.15) is 0 Å². The number of likely N-dealkylation sites (N-methyl/N-ethyl adjacent to an activating group) is 1. The summed E-state index contributed by atoms with van der Waals surface area (Å²) in [7, 11) is -1.55. The molecule has 0 spiro atoms. The standard InChI is InChI=1S/C20H26N4O4S2/c1-23-11-13-24(14-12-23)30(27,28)17-8-6-16(7-9-17)22-19(25)5-2-10-21-20(26)18-4-3-15-29-18/h3-4,6-9,15H,2,5,10-14H2,1H3,(H,21,26)(H,22,25). The van der Waals surface area contributed by atoms with Crippen molar-refractivity contribution in [2.45, 2.75) is 17.7 Å². The van der Waals surface area contributed by atoms with Crippen LogP contribution in [0.3, 0.4) is 0 Å². The molecule has 2 N–H and O–H groups in total. The first-order valence-electron chi connectivity index (χ1n) is 9.76. The number of piperazine rings is 1. The number of hydrogen-bond acceptors (Lipinski definition) is 6. The first-order chi connectivity index (χ1) is 14.4. The normalized spacial score (nSPS) is 15.6. The molecule has 0 aliphatic carbocycles. The van der Waals surface area contributed by atoms with Crippen LogP contribution in [-0.4, -0.2) is 69.2 Å². The van der Waals surface area contributed by atoms with E-state index >= 15 is 0 Å². The molecular weight excluding hydrogens is 424 g/mol. The van der Waals surface area contributed by atoms with Crippen LogP contribution in [0.15, 0.2) is 46.7 Å². The van der Waals surface area contributed by atoms with Gasteiger partial charge in [0.25, 0.3) is 5.91 Å². The second kappa shape index (κ2) is 10.2. The monoisotopic (exact) mass is 450 g/mol. The fraction of sp³-hybridized carbons (Fsp3) is 0.400. The Kier molecular flexibility index (Phi) is 7.59. The maximum atomic E-state index is 12.7.